The number of methoxy groups -OCH3 is 1. The molecule has 3 heterocycles. The van der Waals surface area contributed by atoms with Gasteiger partial charge in [-0.15, -0.1) is 5.10 Å². The topological polar surface area (TPSA) is 182 Å². The molecule has 1 saturated heterocycles. The maximum Gasteiger partial charge on any atom is 0.358 e. The van der Waals surface area contributed by atoms with Crippen molar-refractivity contribution in [3.63, 3.8) is 0 Å². The number of Topliss-reactive ketones (excluding diaryl/α,β-unsaturated/α-hetero) is 1. The molecule has 52 heavy (non-hydrogen) atoms. The Bertz CT molecular complexity index is 2010. The van der Waals surface area contributed by atoms with Crippen LogP contribution >= 0.6 is 0 Å². The van der Waals surface area contributed by atoms with E-state index in [9.17, 15) is 24.3 Å². The number of carbonyl (C=O) groups is 4. The van der Waals surface area contributed by atoms with E-state index >= 15 is 0 Å². The molecule has 0 bridgehead atoms. The van der Waals surface area contributed by atoms with Crippen molar-refractivity contribution in [3.8, 4) is 17.2 Å². The van der Waals surface area contributed by atoms with Gasteiger partial charge in [-0.05, 0) is 54.4 Å². The third-order valence-corrected chi connectivity index (χ3v) is 7.80. The zero-order valence-corrected chi connectivity index (χ0v) is 29.3. The molecule has 5 aromatic rings. The largest absolute Gasteiger partial charge is 0.497 e. The van der Waals surface area contributed by atoms with Gasteiger partial charge >= 0.3 is 17.9 Å². The number of carboxylic acids is 1. The number of carboxylic acid groups (broad SMARTS) is 1. The van der Waals surface area contributed by atoms with Gasteiger partial charge in [-0.25, -0.2) is 9.78 Å². The van der Waals surface area contributed by atoms with Crippen molar-refractivity contribution < 1.29 is 47.6 Å². The van der Waals surface area contributed by atoms with Crippen LogP contribution in [-0.2, 0) is 43.1 Å². The third-order valence-electron chi connectivity index (χ3n) is 7.80. The van der Waals surface area contributed by atoms with Crippen molar-refractivity contribution in [1.29, 1.82) is 0 Å². The number of oxazole rings is 1. The van der Waals surface area contributed by atoms with Crippen LogP contribution in [0, 0.1) is 19.8 Å². The summed E-state index contributed by atoms with van der Waals surface area (Å²) < 4.78 is 26.1. The minimum Gasteiger partial charge on any atom is -0.497 e. The lowest BCUT2D eigenvalue weighted by atomic mass is 9.97. The summed E-state index contributed by atoms with van der Waals surface area (Å²) in [5.41, 5.74) is 3.54. The van der Waals surface area contributed by atoms with Gasteiger partial charge in [0.05, 0.1) is 25.1 Å². The summed E-state index contributed by atoms with van der Waals surface area (Å²) in [5.74, 6) is -3.37. The molecule has 0 unspecified atom stereocenters. The van der Waals surface area contributed by atoms with Crippen LogP contribution in [0.2, 0.25) is 0 Å². The Morgan fingerprint density at radius 1 is 0.846 bits per heavy atom. The summed E-state index contributed by atoms with van der Waals surface area (Å²) >= 11 is 0. The average Bonchev–Trinajstić information content (AvgIpc) is 3.67. The van der Waals surface area contributed by atoms with Crippen molar-refractivity contribution in [3.05, 3.63) is 119 Å². The van der Waals surface area contributed by atoms with E-state index in [4.69, 9.17) is 23.4 Å². The van der Waals surface area contributed by atoms with E-state index in [1.165, 1.54) is 25.8 Å². The van der Waals surface area contributed by atoms with E-state index in [1.807, 2.05) is 68.4 Å². The zero-order chi connectivity index (χ0) is 37.4. The quantitative estimate of drug-likeness (QED) is 0.134. The van der Waals surface area contributed by atoms with E-state index < -0.39 is 35.4 Å². The van der Waals surface area contributed by atoms with Gasteiger partial charge in [0.2, 0.25) is 5.92 Å². The first-order valence-corrected chi connectivity index (χ1v) is 16.3. The zero-order valence-electron chi connectivity index (χ0n) is 29.3. The number of benzene rings is 3. The lowest BCUT2D eigenvalue weighted by molar-refractivity contribution is -0.238. The van der Waals surface area contributed by atoms with E-state index in [0.717, 1.165) is 22.8 Å². The number of aromatic nitrogens is 4. The third kappa shape index (κ3) is 9.47. The maximum atomic E-state index is 12.1. The molecule has 1 aliphatic rings. The molecule has 1 N–H and O–H groups in total. The summed E-state index contributed by atoms with van der Waals surface area (Å²) in [5, 5.41) is 18.0. The van der Waals surface area contributed by atoms with E-state index in [1.54, 1.807) is 24.3 Å². The van der Waals surface area contributed by atoms with Crippen LogP contribution in [0.4, 0.5) is 0 Å². The Kier molecular flexibility index (Phi) is 11.5. The number of aryl methyl sites for hydroxylation is 2. The molecule has 0 saturated carbocycles. The SMILES string of the molecule is COc1ccc(CC(=O)C2C(=O)OC(C)(C)OC2=O)cc1.Cc1nc(CCOc2ccc(Cc3nn(-c4ccccc4)nc3C(=O)O)cc2)c(C)o1. The van der Waals surface area contributed by atoms with Gasteiger partial charge in [-0.3, -0.25) is 14.4 Å². The number of cyclic esters (lactones) is 2. The highest BCUT2D eigenvalue weighted by molar-refractivity contribution is 6.16. The number of nitrogens with zero attached hydrogens (tertiary/aromatic N) is 4. The molecule has 270 valence electrons. The first-order valence-electron chi connectivity index (χ1n) is 16.3. The predicted octanol–water partition coefficient (Wildman–Crippen LogP) is 5.04. The molecule has 3 aromatic carbocycles. The summed E-state index contributed by atoms with van der Waals surface area (Å²) in [6, 6.07) is 23.5. The second kappa shape index (κ2) is 16.1. The monoisotopic (exact) mass is 710 g/mol. The van der Waals surface area contributed by atoms with E-state index in [2.05, 4.69) is 15.2 Å². The number of hydrogen-bond donors (Lipinski definition) is 1. The Balaban J connectivity index is 0.000000217. The highest BCUT2D eigenvalue weighted by Gasteiger charge is 2.46. The van der Waals surface area contributed by atoms with Crippen LogP contribution < -0.4 is 9.47 Å². The smallest absolute Gasteiger partial charge is 0.358 e. The molecule has 14 heteroatoms. The standard InChI is InChI=1S/C23H22N4O4.C15H16O6/c1-15-20(24-16(2)31-15)12-13-30-19-10-8-17(9-11-19)14-21-22(23(28)29)26-27(25-21)18-6-4-3-5-7-18;1-15(2)20-13(17)12(14(18)21-15)11(16)8-9-4-6-10(19-3)7-5-9/h3-11H,12-14H2,1-2H3,(H,28,29);4-7,12H,8H2,1-3H3. The summed E-state index contributed by atoms with van der Waals surface area (Å²) in [4.78, 5) is 53.0. The van der Waals surface area contributed by atoms with Crippen molar-refractivity contribution in [2.45, 2.75) is 52.7 Å². The van der Waals surface area contributed by atoms with Crippen molar-refractivity contribution in [2.24, 2.45) is 5.92 Å². The highest BCUT2D eigenvalue weighted by Crippen LogP contribution is 2.25. The second-order valence-corrected chi connectivity index (χ2v) is 12.2. The molecule has 6 rings (SSSR count). The van der Waals surface area contributed by atoms with Crippen LogP contribution in [0.5, 0.6) is 11.5 Å². The van der Waals surface area contributed by atoms with Gasteiger partial charge in [-0.2, -0.15) is 9.90 Å². The second-order valence-electron chi connectivity index (χ2n) is 12.2. The number of rotatable bonds is 12. The van der Waals surface area contributed by atoms with Gasteiger partial charge in [0.1, 0.15) is 23.0 Å². The van der Waals surface area contributed by atoms with Crippen LogP contribution in [0.25, 0.3) is 5.69 Å². The number of ether oxygens (including phenoxy) is 4. The first-order chi connectivity index (χ1) is 24.8. The molecule has 0 aliphatic carbocycles. The van der Waals surface area contributed by atoms with Crippen molar-refractivity contribution in [1.82, 2.24) is 20.0 Å². The fourth-order valence-electron chi connectivity index (χ4n) is 5.29. The van der Waals surface area contributed by atoms with Crippen LogP contribution in [0.15, 0.2) is 83.3 Å². The average molecular weight is 711 g/mol. The molecule has 2 aromatic heterocycles. The molecule has 14 nitrogen and oxygen atoms in total. The van der Waals surface area contributed by atoms with Crippen LogP contribution in [0.3, 0.4) is 0 Å². The summed E-state index contributed by atoms with van der Waals surface area (Å²) in [6.07, 6.45) is 0.959. The fourth-order valence-corrected chi connectivity index (χ4v) is 5.29. The Hall–Kier alpha value is -6.31. The fraction of sp³-hybridized carbons (Fsp3) is 0.289. The van der Waals surface area contributed by atoms with Crippen molar-refractivity contribution in [2.75, 3.05) is 13.7 Å². The molecular weight excluding hydrogens is 672 g/mol. The van der Waals surface area contributed by atoms with E-state index in [0.29, 0.717) is 48.0 Å². The van der Waals surface area contributed by atoms with Gasteiger partial charge in [-0.1, -0.05) is 42.5 Å². The number of ketones is 1. The molecule has 0 atom stereocenters. The molecule has 1 aliphatic heterocycles. The lowest BCUT2D eigenvalue weighted by Crippen LogP contribution is -2.49. The lowest BCUT2D eigenvalue weighted by Gasteiger charge is -2.32. The molecular formula is C38H38N4O10. The minimum absolute atomic E-state index is 0.0533. The van der Waals surface area contributed by atoms with Gasteiger partial charge < -0.3 is 28.5 Å². The number of carbonyl (C=O) groups excluding carboxylic acids is 3. The number of para-hydroxylation sites is 1. The number of aromatic carboxylic acids is 1. The Morgan fingerprint density at radius 3 is 2.04 bits per heavy atom. The molecule has 0 amide bonds. The van der Waals surface area contributed by atoms with Crippen LogP contribution in [0.1, 0.15) is 58.5 Å². The first kappa shape index (κ1) is 37.0. The summed E-state index contributed by atoms with van der Waals surface area (Å²) in [7, 11) is 1.54. The summed E-state index contributed by atoms with van der Waals surface area (Å²) in [6.45, 7) is 7.08. The van der Waals surface area contributed by atoms with Gasteiger partial charge in [0.15, 0.2) is 17.4 Å². The number of esters is 2. The Morgan fingerprint density at radius 2 is 1.46 bits per heavy atom. The van der Waals surface area contributed by atoms with E-state index in [-0.39, 0.29) is 12.1 Å². The molecule has 1 fully saturated rings. The van der Waals surface area contributed by atoms with Crippen molar-refractivity contribution >= 4 is 23.7 Å². The molecule has 0 radical (unpaired) electrons. The predicted molar refractivity (Wildman–Crippen MR) is 184 cm³/mol. The van der Waals surface area contributed by atoms with Crippen LogP contribution in [-0.4, -0.2) is 68.3 Å². The van der Waals surface area contributed by atoms with Gasteiger partial charge in [0, 0.05) is 40.0 Å². The number of hydrogen-bond acceptors (Lipinski definition) is 12. The highest BCUT2D eigenvalue weighted by atomic mass is 16.7. The van der Waals surface area contributed by atoms with Gasteiger partial charge in [0.25, 0.3) is 5.79 Å². The maximum absolute atomic E-state index is 12.1. The molecule has 0 spiro atoms. The minimum atomic E-state index is -1.51. The Labute approximate surface area is 299 Å². The normalized spacial score (nSPS) is 13.7.